The van der Waals surface area contributed by atoms with Crippen LogP contribution in [0.4, 0.5) is 0 Å². The molecule has 0 aromatic heterocycles. The molecule has 5 heteroatoms. The van der Waals surface area contributed by atoms with Gasteiger partial charge in [-0.3, -0.25) is 19.3 Å². The number of rotatable bonds is 6. The Morgan fingerprint density at radius 1 is 1.04 bits per heavy atom. The molecule has 124 valence electrons. The van der Waals surface area contributed by atoms with Gasteiger partial charge in [-0.05, 0) is 30.4 Å². The molecule has 2 aromatic rings. The number of hydrogen-bond donors (Lipinski definition) is 0. The zero-order valence-electron chi connectivity index (χ0n) is 13.6. The third-order valence-electron chi connectivity index (χ3n) is 4.09. The molecule has 0 atom stereocenters. The summed E-state index contributed by atoms with van der Waals surface area (Å²) in [6.45, 7) is 2.54. The predicted octanol–water partition coefficient (Wildman–Crippen LogP) is 3.17. The molecule has 0 bridgehead atoms. The number of esters is 1. The predicted molar refractivity (Wildman–Crippen MR) is 89.8 cm³/mol. The van der Waals surface area contributed by atoms with Crippen molar-refractivity contribution in [1.29, 1.82) is 0 Å². The Balaban J connectivity index is 1.77. The third-order valence-corrected chi connectivity index (χ3v) is 4.09. The maximum atomic E-state index is 12.7. The van der Waals surface area contributed by atoms with Gasteiger partial charge in [0.1, 0.15) is 0 Å². The number of nitrogens with zero attached hydrogens (tertiary/aromatic N) is 1. The van der Waals surface area contributed by atoms with Gasteiger partial charge in [-0.15, -0.1) is 0 Å². The summed E-state index contributed by atoms with van der Waals surface area (Å²) in [6.07, 6.45) is 1.37. The second-order valence-corrected chi connectivity index (χ2v) is 5.80. The maximum Gasteiger partial charge on any atom is 0.305 e. The van der Waals surface area contributed by atoms with Gasteiger partial charge in [0.05, 0.1) is 6.61 Å². The smallest absolute Gasteiger partial charge is 0.305 e. The minimum Gasteiger partial charge on any atom is -0.466 e. The minimum atomic E-state index is -0.300. The fourth-order valence-corrected chi connectivity index (χ4v) is 2.95. The van der Waals surface area contributed by atoms with E-state index in [4.69, 9.17) is 4.74 Å². The van der Waals surface area contributed by atoms with Crippen molar-refractivity contribution in [2.75, 3.05) is 13.2 Å². The van der Waals surface area contributed by atoms with Gasteiger partial charge in [0.15, 0.2) is 0 Å². The van der Waals surface area contributed by atoms with Gasteiger partial charge in [0, 0.05) is 29.5 Å². The Morgan fingerprint density at radius 2 is 1.67 bits per heavy atom. The van der Waals surface area contributed by atoms with Gasteiger partial charge in [-0.2, -0.15) is 0 Å². The summed E-state index contributed by atoms with van der Waals surface area (Å²) in [7, 11) is 0. The van der Waals surface area contributed by atoms with E-state index in [-0.39, 0.29) is 30.7 Å². The summed E-state index contributed by atoms with van der Waals surface area (Å²) < 4.78 is 5.01. The average Bonchev–Trinajstić information content (AvgIpc) is 2.60. The van der Waals surface area contributed by atoms with E-state index in [1.807, 2.05) is 31.2 Å². The van der Waals surface area contributed by atoms with Crippen LogP contribution in [0.3, 0.4) is 0 Å². The van der Waals surface area contributed by atoms with Crippen LogP contribution >= 0.6 is 0 Å². The second kappa shape index (κ2) is 6.83. The molecule has 1 aliphatic heterocycles. The molecule has 0 radical (unpaired) electrons. The first-order valence-corrected chi connectivity index (χ1v) is 8.17. The second-order valence-electron chi connectivity index (χ2n) is 5.80. The largest absolute Gasteiger partial charge is 0.466 e. The van der Waals surface area contributed by atoms with Crippen LogP contribution in [0.2, 0.25) is 0 Å². The quantitative estimate of drug-likeness (QED) is 0.604. The summed E-state index contributed by atoms with van der Waals surface area (Å²) in [5, 5.41) is 1.60. The van der Waals surface area contributed by atoms with Crippen molar-refractivity contribution in [2.45, 2.75) is 26.2 Å². The van der Waals surface area contributed by atoms with Crippen molar-refractivity contribution >= 4 is 28.6 Å². The molecule has 0 aliphatic carbocycles. The first-order valence-electron chi connectivity index (χ1n) is 8.17. The fraction of sp³-hybridized carbons (Fsp3) is 0.316. The summed E-state index contributed by atoms with van der Waals surface area (Å²) in [6, 6.07) is 10.9. The molecule has 1 heterocycles. The Kier molecular flexibility index (Phi) is 4.60. The molecule has 0 unspecified atom stereocenters. The van der Waals surface area contributed by atoms with Crippen molar-refractivity contribution in [3.8, 4) is 0 Å². The Labute approximate surface area is 140 Å². The van der Waals surface area contributed by atoms with Crippen LogP contribution in [0.25, 0.3) is 10.8 Å². The molecule has 5 nitrogen and oxygen atoms in total. The number of imide groups is 1. The molecule has 3 rings (SSSR count). The molecule has 0 fully saturated rings. The van der Waals surface area contributed by atoms with Crippen molar-refractivity contribution in [3.63, 3.8) is 0 Å². The molecule has 0 saturated heterocycles. The zero-order chi connectivity index (χ0) is 17.1. The Morgan fingerprint density at radius 3 is 2.25 bits per heavy atom. The van der Waals surface area contributed by atoms with E-state index >= 15 is 0 Å². The standard InChI is InChI=1S/C19H19NO4/c1-2-12-24-16(21)10-5-11-20-18(22)14-8-3-6-13-7-4-9-15(17(13)14)19(20)23/h3-4,6-9H,2,5,10-12H2,1H3. The monoisotopic (exact) mass is 325 g/mol. The van der Waals surface area contributed by atoms with Crippen LogP contribution in [0.1, 0.15) is 46.9 Å². The van der Waals surface area contributed by atoms with Gasteiger partial charge in [0.2, 0.25) is 0 Å². The molecule has 1 aliphatic rings. The van der Waals surface area contributed by atoms with E-state index in [9.17, 15) is 14.4 Å². The SMILES string of the molecule is CCCOC(=O)CCCN1C(=O)c2cccc3cccc(c23)C1=O. The average molecular weight is 325 g/mol. The fourth-order valence-electron chi connectivity index (χ4n) is 2.95. The maximum absolute atomic E-state index is 12.7. The highest BCUT2D eigenvalue weighted by Crippen LogP contribution is 2.29. The lowest BCUT2D eigenvalue weighted by atomic mass is 9.94. The highest BCUT2D eigenvalue weighted by atomic mass is 16.5. The molecule has 0 spiro atoms. The lowest BCUT2D eigenvalue weighted by Crippen LogP contribution is -2.41. The summed E-state index contributed by atoms with van der Waals surface area (Å²) >= 11 is 0. The van der Waals surface area contributed by atoms with Crippen LogP contribution in [0.15, 0.2) is 36.4 Å². The Hall–Kier alpha value is -2.69. The molecule has 2 amide bonds. The molecular formula is C19H19NO4. The third kappa shape index (κ3) is 2.89. The lowest BCUT2D eigenvalue weighted by molar-refractivity contribution is -0.143. The van der Waals surface area contributed by atoms with Gasteiger partial charge >= 0.3 is 5.97 Å². The van der Waals surface area contributed by atoms with Crippen LogP contribution < -0.4 is 0 Å². The van der Waals surface area contributed by atoms with E-state index in [2.05, 4.69) is 0 Å². The molecule has 24 heavy (non-hydrogen) atoms. The summed E-state index contributed by atoms with van der Waals surface area (Å²) in [4.78, 5) is 38.1. The highest BCUT2D eigenvalue weighted by molar-refractivity contribution is 6.25. The number of carbonyl (C=O) groups is 3. The molecule has 0 N–H and O–H groups in total. The van der Waals surface area contributed by atoms with Gasteiger partial charge in [-0.25, -0.2) is 0 Å². The molecular weight excluding hydrogens is 306 g/mol. The van der Waals surface area contributed by atoms with Crippen LogP contribution in [0.5, 0.6) is 0 Å². The minimum absolute atomic E-state index is 0.197. The molecule has 0 saturated carbocycles. The van der Waals surface area contributed by atoms with Gasteiger partial charge in [0.25, 0.3) is 11.8 Å². The van der Waals surface area contributed by atoms with Crippen molar-refractivity contribution < 1.29 is 19.1 Å². The van der Waals surface area contributed by atoms with Crippen LogP contribution in [-0.4, -0.2) is 35.8 Å². The van der Waals surface area contributed by atoms with E-state index in [1.54, 1.807) is 12.1 Å². The summed E-state index contributed by atoms with van der Waals surface area (Å²) in [5.41, 5.74) is 1.08. The lowest BCUT2D eigenvalue weighted by Gasteiger charge is -2.27. The van der Waals surface area contributed by atoms with Crippen molar-refractivity contribution in [2.24, 2.45) is 0 Å². The number of amides is 2. The van der Waals surface area contributed by atoms with Crippen LogP contribution in [-0.2, 0) is 9.53 Å². The summed E-state index contributed by atoms with van der Waals surface area (Å²) in [5.74, 6) is -0.895. The van der Waals surface area contributed by atoms with Gasteiger partial charge in [-0.1, -0.05) is 31.2 Å². The van der Waals surface area contributed by atoms with Crippen molar-refractivity contribution in [3.05, 3.63) is 47.5 Å². The Bertz CT molecular complexity index is 761. The first-order chi connectivity index (χ1) is 11.6. The zero-order valence-corrected chi connectivity index (χ0v) is 13.6. The normalized spacial score (nSPS) is 13.5. The van der Waals surface area contributed by atoms with Crippen LogP contribution in [0, 0.1) is 0 Å². The van der Waals surface area contributed by atoms with E-state index < -0.39 is 0 Å². The number of carbonyl (C=O) groups excluding carboxylic acids is 3. The molecule has 2 aromatic carbocycles. The van der Waals surface area contributed by atoms with E-state index in [0.717, 1.165) is 11.8 Å². The van der Waals surface area contributed by atoms with E-state index in [1.165, 1.54) is 4.90 Å². The topological polar surface area (TPSA) is 63.7 Å². The number of benzene rings is 2. The van der Waals surface area contributed by atoms with E-state index in [0.29, 0.717) is 29.5 Å². The highest BCUT2D eigenvalue weighted by Gasteiger charge is 2.32. The van der Waals surface area contributed by atoms with Crippen molar-refractivity contribution in [1.82, 2.24) is 4.90 Å². The first kappa shape index (κ1) is 16.2. The number of ether oxygens (including phenoxy) is 1. The number of hydrogen-bond acceptors (Lipinski definition) is 4. The van der Waals surface area contributed by atoms with Gasteiger partial charge < -0.3 is 4.74 Å².